The van der Waals surface area contributed by atoms with Gasteiger partial charge in [0.25, 0.3) is 0 Å². The van der Waals surface area contributed by atoms with Crippen LogP contribution in [0.2, 0.25) is 0 Å². The summed E-state index contributed by atoms with van der Waals surface area (Å²) in [4.78, 5) is 12.7. The van der Waals surface area contributed by atoms with Crippen LogP contribution in [0, 0.1) is 6.92 Å². The Morgan fingerprint density at radius 1 is 1.05 bits per heavy atom. The second-order valence-electron chi connectivity index (χ2n) is 5.07. The lowest BCUT2D eigenvalue weighted by molar-refractivity contribution is 0.214. The van der Waals surface area contributed by atoms with Crippen molar-refractivity contribution in [3.05, 3.63) is 29.8 Å². The van der Waals surface area contributed by atoms with Crippen molar-refractivity contribution >= 4 is 17.6 Å². The number of likely N-dealkylation sites (N-methyl/N-ethyl adjacent to an activating group) is 1. The van der Waals surface area contributed by atoms with Crippen molar-refractivity contribution in [1.29, 1.82) is 0 Å². The molecule has 0 bridgehead atoms. The molecule has 108 valence electrons. The third kappa shape index (κ3) is 3.96. The van der Waals surface area contributed by atoms with Gasteiger partial charge in [-0.25, -0.2) is 4.99 Å². The third-order valence-electron chi connectivity index (χ3n) is 3.33. The quantitative estimate of drug-likeness (QED) is 0.577. The number of hydrogen-bond donors (Lipinski definition) is 2. The molecule has 0 radical (unpaired) electrons. The molecule has 0 atom stereocenters. The molecule has 0 amide bonds. The lowest BCUT2D eigenvalue weighted by Crippen LogP contribution is -2.50. The molecule has 20 heavy (non-hydrogen) atoms. The Morgan fingerprint density at radius 2 is 1.65 bits per heavy atom. The smallest absolute Gasteiger partial charge is 0.223 e. The molecule has 0 aromatic heterocycles. The van der Waals surface area contributed by atoms with Gasteiger partial charge in [0, 0.05) is 26.2 Å². The van der Waals surface area contributed by atoms with Crippen molar-refractivity contribution < 1.29 is 0 Å². The van der Waals surface area contributed by atoms with Gasteiger partial charge >= 0.3 is 0 Å². The van der Waals surface area contributed by atoms with Crippen LogP contribution in [0.15, 0.2) is 34.3 Å². The van der Waals surface area contributed by atoms with E-state index in [-0.39, 0.29) is 5.96 Å². The zero-order chi connectivity index (χ0) is 14.5. The first-order chi connectivity index (χ1) is 9.54. The minimum atomic E-state index is 0.185. The van der Waals surface area contributed by atoms with E-state index in [2.05, 4.69) is 21.9 Å². The van der Waals surface area contributed by atoms with Crippen LogP contribution in [0.25, 0.3) is 0 Å². The maximum atomic E-state index is 5.97. The van der Waals surface area contributed by atoms with Crippen LogP contribution >= 0.6 is 0 Å². The van der Waals surface area contributed by atoms with Gasteiger partial charge in [-0.05, 0) is 26.1 Å². The van der Waals surface area contributed by atoms with Gasteiger partial charge in [0.15, 0.2) is 5.96 Å². The Bertz CT molecular complexity index is 497. The first-order valence-corrected chi connectivity index (χ1v) is 6.73. The average Bonchev–Trinajstić information content (AvgIpc) is 2.42. The number of benzene rings is 1. The fourth-order valence-corrected chi connectivity index (χ4v) is 2.00. The highest BCUT2D eigenvalue weighted by Crippen LogP contribution is 2.12. The molecular formula is C14H22N6. The molecule has 1 aliphatic rings. The minimum Gasteiger partial charge on any atom is -0.369 e. The number of piperazine rings is 1. The van der Waals surface area contributed by atoms with E-state index < -0.39 is 0 Å². The predicted octanol–water partition coefficient (Wildman–Crippen LogP) is 0.503. The van der Waals surface area contributed by atoms with E-state index in [1.54, 1.807) is 0 Å². The Balaban J connectivity index is 2.03. The Labute approximate surface area is 119 Å². The van der Waals surface area contributed by atoms with Gasteiger partial charge in [0.05, 0.1) is 5.69 Å². The predicted molar refractivity (Wildman–Crippen MR) is 83.2 cm³/mol. The standard InChI is InChI=1S/C14H22N6/c1-11-3-5-12(6-4-11)17-13(15)18-14(16)20-9-7-19(2)8-10-20/h3-6H,7-10H2,1-2H3,(H4,15,16,17,18). The normalized spacial score (nSPS) is 18.4. The number of rotatable bonds is 1. The average molecular weight is 274 g/mol. The number of guanidine groups is 2. The summed E-state index contributed by atoms with van der Waals surface area (Å²) in [5, 5.41) is 0. The SMILES string of the molecule is Cc1ccc(N=C(N)N=C(N)N2CCN(C)CC2)cc1. The van der Waals surface area contributed by atoms with Gasteiger partial charge in [0.1, 0.15) is 0 Å². The summed E-state index contributed by atoms with van der Waals surface area (Å²) < 4.78 is 0. The van der Waals surface area contributed by atoms with Crippen LogP contribution in [-0.2, 0) is 0 Å². The number of aryl methyl sites for hydroxylation is 1. The summed E-state index contributed by atoms with van der Waals surface area (Å²) in [6.07, 6.45) is 0. The maximum Gasteiger partial charge on any atom is 0.223 e. The highest BCUT2D eigenvalue weighted by atomic mass is 15.3. The zero-order valence-corrected chi connectivity index (χ0v) is 12.1. The van der Waals surface area contributed by atoms with E-state index in [1.165, 1.54) is 5.56 Å². The second-order valence-corrected chi connectivity index (χ2v) is 5.07. The zero-order valence-electron chi connectivity index (χ0n) is 12.1. The second kappa shape index (κ2) is 6.38. The van der Waals surface area contributed by atoms with E-state index in [0.29, 0.717) is 5.96 Å². The Kier molecular flexibility index (Phi) is 4.57. The fourth-order valence-electron chi connectivity index (χ4n) is 2.00. The molecule has 0 unspecified atom stereocenters. The fraction of sp³-hybridized carbons (Fsp3) is 0.429. The minimum absolute atomic E-state index is 0.185. The topological polar surface area (TPSA) is 83.2 Å². The van der Waals surface area contributed by atoms with E-state index in [0.717, 1.165) is 31.9 Å². The summed E-state index contributed by atoms with van der Waals surface area (Å²) in [5.41, 5.74) is 13.8. The van der Waals surface area contributed by atoms with E-state index >= 15 is 0 Å². The van der Waals surface area contributed by atoms with Gasteiger partial charge in [-0.3, -0.25) is 0 Å². The van der Waals surface area contributed by atoms with Gasteiger partial charge in [-0.1, -0.05) is 17.7 Å². The molecule has 0 aliphatic carbocycles. The largest absolute Gasteiger partial charge is 0.369 e. The van der Waals surface area contributed by atoms with Crippen LogP contribution in [0.3, 0.4) is 0 Å². The van der Waals surface area contributed by atoms with E-state index in [1.807, 2.05) is 36.1 Å². The third-order valence-corrected chi connectivity index (χ3v) is 3.33. The van der Waals surface area contributed by atoms with Crippen molar-refractivity contribution in [2.24, 2.45) is 21.5 Å². The molecule has 1 fully saturated rings. The summed E-state index contributed by atoms with van der Waals surface area (Å²) in [7, 11) is 2.10. The molecule has 2 rings (SSSR count). The molecular weight excluding hydrogens is 252 g/mol. The maximum absolute atomic E-state index is 5.97. The molecule has 1 saturated heterocycles. The Morgan fingerprint density at radius 3 is 2.25 bits per heavy atom. The van der Waals surface area contributed by atoms with Gasteiger partial charge in [0.2, 0.25) is 5.96 Å². The summed E-state index contributed by atoms with van der Waals surface area (Å²) in [5.74, 6) is 0.622. The van der Waals surface area contributed by atoms with Gasteiger partial charge < -0.3 is 21.3 Å². The van der Waals surface area contributed by atoms with Crippen molar-refractivity contribution in [3.63, 3.8) is 0 Å². The lowest BCUT2D eigenvalue weighted by Gasteiger charge is -2.32. The summed E-state index contributed by atoms with van der Waals surface area (Å²) >= 11 is 0. The molecule has 6 heteroatoms. The summed E-state index contributed by atoms with van der Waals surface area (Å²) in [6, 6.07) is 7.78. The van der Waals surface area contributed by atoms with E-state index in [4.69, 9.17) is 11.5 Å². The molecule has 1 aromatic carbocycles. The number of hydrogen-bond acceptors (Lipinski definition) is 2. The molecule has 0 spiro atoms. The number of aliphatic imine (C=N–C) groups is 2. The monoisotopic (exact) mass is 274 g/mol. The highest BCUT2D eigenvalue weighted by Gasteiger charge is 2.15. The van der Waals surface area contributed by atoms with Crippen molar-refractivity contribution in [1.82, 2.24) is 9.80 Å². The summed E-state index contributed by atoms with van der Waals surface area (Å²) in [6.45, 7) is 5.71. The van der Waals surface area contributed by atoms with Gasteiger partial charge in [-0.2, -0.15) is 4.99 Å². The van der Waals surface area contributed by atoms with Crippen LogP contribution in [0.4, 0.5) is 5.69 Å². The van der Waals surface area contributed by atoms with Gasteiger partial charge in [-0.15, -0.1) is 0 Å². The molecule has 1 heterocycles. The first-order valence-electron chi connectivity index (χ1n) is 6.73. The Hall–Kier alpha value is -2.08. The van der Waals surface area contributed by atoms with Crippen LogP contribution < -0.4 is 11.5 Å². The van der Waals surface area contributed by atoms with Crippen LogP contribution in [0.5, 0.6) is 0 Å². The first kappa shape index (κ1) is 14.3. The van der Waals surface area contributed by atoms with Crippen LogP contribution in [0.1, 0.15) is 5.56 Å². The molecule has 1 aromatic rings. The molecule has 4 N–H and O–H groups in total. The van der Waals surface area contributed by atoms with Crippen molar-refractivity contribution in [3.8, 4) is 0 Å². The molecule has 6 nitrogen and oxygen atoms in total. The van der Waals surface area contributed by atoms with E-state index in [9.17, 15) is 0 Å². The van der Waals surface area contributed by atoms with Crippen molar-refractivity contribution in [2.75, 3.05) is 33.2 Å². The number of nitrogens with zero attached hydrogens (tertiary/aromatic N) is 4. The molecule has 1 aliphatic heterocycles. The van der Waals surface area contributed by atoms with Crippen molar-refractivity contribution in [2.45, 2.75) is 6.92 Å². The highest BCUT2D eigenvalue weighted by molar-refractivity contribution is 5.94. The lowest BCUT2D eigenvalue weighted by atomic mass is 10.2. The van der Waals surface area contributed by atoms with Crippen LogP contribution in [-0.4, -0.2) is 54.9 Å². The molecule has 0 saturated carbocycles. The number of nitrogens with two attached hydrogens (primary N) is 2.